The summed E-state index contributed by atoms with van der Waals surface area (Å²) in [6.07, 6.45) is 69.2. The highest BCUT2D eigenvalue weighted by Crippen LogP contribution is 2.55. The Morgan fingerprint density at radius 2 is 1.48 bits per heavy atom. The van der Waals surface area contributed by atoms with Gasteiger partial charge in [0, 0.05) is 47.3 Å². The molecule has 12 rings (SSSR count). The quantitative estimate of drug-likeness (QED) is 0.262. The number of allylic oxidation sites excluding steroid dienone is 20. The van der Waals surface area contributed by atoms with Crippen molar-refractivity contribution in [3.8, 4) is 0 Å². The first-order chi connectivity index (χ1) is 30.2. The summed E-state index contributed by atoms with van der Waals surface area (Å²) in [4.78, 5) is 0. The van der Waals surface area contributed by atoms with Crippen molar-refractivity contribution in [1.82, 2.24) is 10.6 Å². The van der Waals surface area contributed by atoms with Gasteiger partial charge in [-0.15, -0.1) is 0 Å². The number of hydrogen-bond acceptors (Lipinski definition) is 3. The van der Waals surface area contributed by atoms with Crippen molar-refractivity contribution in [3.05, 3.63) is 166 Å². The SMILES string of the molecule is C1=CCC(C2=CC(C3=CCC(C4=CCC(C5C=CC6=C(C5)OC5CCC=CC65)CC4)C=C3)NC(C3=CCC(C4=CC5C(C=C4)C4=C(CCCC4)C4CCCCC45)C=C3)N2)C=C1. The third kappa shape index (κ3) is 7.33. The fourth-order valence-corrected chi connectivity index (χ4v) is 14.3. The van der Waals surface area contributed by atoms with Gasteiger partial charge in [-0.3, -0.25) is 5.32 Å². The zero-order valence-corrected chi connectivity index (χ0v) is 36.4. The summed E-state index contributed by atoms with van der Waals surface area (Å²) in [5.74, 6) is 7.65. The molecule has 0 radical (unpaired) electrons. The van der Waals surface area contributed by atoms with Crippen LogP contribution in [0.3, 0.4) is 0 Å². The van der Waals surface area contributed by atoms with E-state index < -0.39 is 0 Å². The molecular weight excluding hydrogens is 741 g/mol. The summed E-state index contributed by atoms with van der Waals surface area (Å²) in [5, 5.41) is 8.08. The Morgan fingerprint density at radius 1 is 0.607 bits per heavy atom. The highest BCUT2D eigenvalue weighted by molar-refractivity contribution is 5.45. The van der Waals surface area contributed by atoms with E-state index in [9.17, 15) is 0 Å². The molecule has 0 aromatic rings. The van der Waals surface area contributed by atoms with Crippen LogP contribution < -0.4 is 10.6 Å². The first-order valence-electron chi connectivity index (χ1n) is 25.1. The van der Waals surface area contributed by atoms with Crippen molar-refractivity contribution in [2.24, 2.45) is 59.2 Å². The minimum Gasteiger partial charge on any atom is -0.493 e. The van der Waals surface area contributed by atoms with Gasteiger partial charge < -0.3 is 10.1 Å². The minimum atomic E-state index is 0.0978. The Hall–Kier alpha value is -4.08. The summed E-state index contributed by atoms with van der Waals surface area (Å²) in [6.45, 7) is 0. The van der Waals surface area contributed by atoms with Crippen molar-refractivity contribution in [3.63, 3.8) is 0 Å². The fraction of sp³-hybridized carbons (Fsp3) is 0.517. The predicted molar refractivity (Wildman–Crippen MR) is 251 cm³/mol. The normalized spacial score (nSPS) is 40.9. The number of hydrogen-bond donors (Lipinski definition) is 2. The van der Waals surface area contributed by atoms with Gasteiger partial charge in [0.15, 0.2) is 0 Å². The topological polar surface area (TPSA) is 33.3 Å². The molecule has 10 aliphatic carbocycles. The van der Waals surface area contributed by atoms with E-state index in [2.05, 4.69) is 126 Å². The third-order valence-electron chi connectivity index (χ3n) is 17.6. The van der Waals surface area contributed by atoms with Crippen LogP contribution in [-0.2, 0) is 4.74 Å². The Balaban J connectivity index is 0.705. The minimum absolute atomic E-state index is 0.0978. The lowest BCUT2D eigenvalue weighted by Gasteiger charge is -2.49. The van der Waals surface area contributed by atoms with E-state index in [1.807, 2.05) is 11.1 Å². The summed E-state index contributed by atoms with van der Waals surface area (Å²) in [6, 6.07) is 0.193. The van der Waals surface area contributed by atoms with Crippen molar-refractivity contribution < 1.29 is 4.74 Å². The van der Waals surface area contributed by atoms with Crippen LogP contribution in [0.4, 0.5) is 0 Å². The van der Waals surface area contributed by atoms with E-state index in [0.717, 1.165) is 49.9 Å². The Morgan fingerprint density at radius 3 is 2.33 bits per heavy atom. The van der Waals surface area contributed by atoms with Crippen LogP contribution in [0.25, 0.3) is 0 Å². The van der Waals surface area contributed by atoms with E-state index in [4.69, 9.17) is 4.74 Å². The molecule has 3 heteroatoms. The van der Waals surface area contributed by atoms with Gasteiger partial charge in [0.2, 0.25) is 0 Å². The summed E-state index contributed by atoms with van der Waals surface area (Å²) >= 11 is 0. The molecule has 316 valence electrons. The lowest BCUT2D eigenvalue weighted by Crippen LogP contribution is -2.53. The number of rotatable bonds is 6. The summed E-state index contributed by atoms with van der Waals surface area (Å²) in [7, 11) is 0. The van der Waals surface area contributed by atoms with Gasteiger partial charge in [-0.05, 0) is 142 Å². The van der Waals surface area contributed by atoms with Crippen molar-refractivity contribution >= 4 is 0 Å². The molecule has 2 aliphatic heterocycles. The Labute approximate surface area is 366 Å². The van der Waals surface area contributed by atoms with Gasteiger partial charge in [-0.25, -0.2) is 0 Å². The summed E-state index contributed by atoms with van der Waals surface area (Å²) < 4.78 is 6.53. The average Bonchev–Trinajstić information content (AvgIpc) is 3.72. The van der Waals surface area contributed by atoms with Crippen LogP contribution in [0.5, 0.6) is 0 Å². The van der Waals surface area contributed by atoms with E-state index >= 15 is 0 Å². The lowest BCUT2D eigenvalue weighted by molar-refractivity contribution is 0.102. The second-order valence-electron chi connectivity index (χ2n) is 20.9. The molecule has 61 heavy (non-hydrogen) atoms. The Kier molecular flexibility index (Phi) is 10.5. The molecule has 0 aromatic carbocycles. The maximum atomic E-state index is 6.53. The molecule has 0 aromatic heterocycles. The molecule has 0 amide bonds. The van der Waals surface area contributed by atoms with E-state index in [1.165, 1.54) is 105 Å². The molecule has 13 atom stereocenters. The van der Waals surface area contributed by atoms with Crippen LogP contribution in [0.2, 0.25) is 0 Å². The summed E-state index contributed by atoms with van der Waals surface area (Å²) in [5.41, 5.74) is 12.6. The van der Waals surface area contributed by atoms with Gasteiger partial charge in [-0.2, -0.15) is 0 Å². The second-order valence-corrected chi connectivity index (χ2v) is 20.9. The first-order valence-corrected chi connectivity index (χ1v) is 25.1. The van der Waals surface area contributed by atoms with Crippen LogP contribution in [0.15, 0.2) is 166 Å². The smallest absolute Gasteiger partial charge is 0.109 e. The molecule has 13 unspecified atom stereocenters. The van der Waals surface area contributed by atoms with Crippen LogP contribution >= 0.6 is 0 Å². The van der Waals surface area contributed by atoms with E-state index in [1.54, 1.807) is 11.1 Å². The zero-order chi connectivity index (χ0) is 40.3. The van der Waals surface area contributed by atoms with Gasteiger partial charge in [0.1, 0.15) is 18.0 Å². The van der Waals surface area contributed by atoms with E-state index in [0.29, 0.717) is 47.5 Å². The molecule has 3 nitrogen and oxygen atoms in total. The third-order valence-corrected chi connectivity index (χ3v) is 17.6. The van der Waals surface area contributed by atoms with Crippen LogP contribution in [0, 0.1) is 59.2 Å². The molecule has 0 spiro atoms. The maximum absolute atomic E-state index is 6.53. The standard InChI is InChI=1S/C58H68N2O/c1-2-10-41(11-3-1)54-36-55(42-26-22-38(23-27-42)37-18-20-40(21-19-37)45-31-33-52-51-16-8-9-17-56(51)61-57(52)35-45)60-58(59-54)43-28-24-39(25-29-43)44-30-32-50-48-14-5-4-12-46(48)47-13-6-7-15-49(47)53(50)34-44/h1-3,8,10,16,18,22,24,26-34,36,38-41,45,47,49-51,53,55-56,58-60H,4-7,9,11-15,17,19-21,23,25,35H2. The monoisotopic (exact) mass is 809 g/mol. The number of fused-ring (bicyclic) bond motifs is 7. The molecule has 12 aliphatic rings. The molecule has 2 heterocycles. The maximum Gasteiger partial charge on any atom is 0.109 e. The molecule has 0 bridgehead atoms. The first kappa shape index (κ1) is 38.6. The Bertz CT molecular complexity index is 2220. The lowest BCUT2D eigenvalue weighted by atomic mass is 9.55. The van der Waals surface area contributed by atoms with Gasteiger partial charge in [0.05, 0.1) is 6.04 Å². The molecule has 2 N–H and O–H groups in total. The molecule has 1 fully saturated rings. The van der Waals surface area contributed by atoms with Crippen molar-refractivity contribution in [2.75, 3.05) is 0 Å². The van der Waals surface area contributed by atoms with Crippen LogP contribution in [-0.4, -0.2) is 18.3 Å². The highest BCUT2D eigenvalue weighted by Gasteiger charge is 2.45. The fourth-order valence-electron chi connectivity index (χ4n) is 14.3. The van der Waals surface area contributed by atoms with E-state index in [-0.39, 0.29) is 12.2 Å². The molecular formula is C58H68N2O. The second kappa shape index (κ2) is 16.6. The average molecular weight is 809 g/mol. The molecule has 1 saturated carbocycles. The van der Waals surface area contributed by atoms with Crippen molar-refractivity contribution in [1.29, 1.82) is 0 Å². The van der Waals surface area contributed by atoms with Crippen LogP contribution in [0.1, 0.15) is 109 Å². The largest absolute Gasteiger partial charge is 0.493 e. The van der Waals surface area contributed by atoms with Gasteiger partial charge >= 0.3 is 0 Å². The molecule has 0 saturated heterocycles. The number of ether oxygens (including phenoxy) is 1. The van der Waals surface area contributed by atoms with Gasteiger partial charge in [-0.1, -0.05) is 139 Å². The predicted octanol–water partition coefficient (Wildman–Crippen LogP) is 13.2. The number of nitrogens with one attached hydrogen (secondary N) is 2. The zero-order valence-electron chi connectivity index (χ0n) is 36.4. The van der Waals surface area contributed by atoms with Gasteiger partial charge in [0.25, 0.3) is 0 Å². The van der Waals surface area contributed by atoms with Crippen molar-refractivity contribution in [2.45, 2.75) is 127 Å². The highest BCUT2D eigenvalue weighted by atomic mass is 16.5.